The first-order valence-corrected chi connectivity index (χ1v) is 10.0. The van der Waals surface area contributed by atoms with Gasteiger partial charge < -0.3 is 15.1 Å². The largest absolute Gasteiger partial charge is 0.414 e. The lowest BCUT2D eigenvalue weighted by atomic mass is 10.1. The van der Waals surface area contributed by atoms with Crippen molar-refractivity contribution in [2.45, 2.75) is 39.5 Å². The van der Waals surface area contributed by atoms with E-state index in [-0.39, 0.29) is 11.7 Å². The third kappa shape index (κ3) is 5.36. The number of thioether (sulfide) groups is 1. The lowest BCUT2D eigenvalue weighted by Gasteiger charge is -2.08. The van der Waals surface area contributed by atoms with E-state index in [4.69, 9.17) is 4.42 Å². The smallest absolute Gasteiger partial charge is 0.277 e. The summed E-state index contributed by atoms with van der Waals surface area (Å²) in [5, 5.41) is 14.6. The van der Waals surface area contributed by atoms with Crippen LogP contribution in [0.15, 0.2) is 46.0 Å². The number of carbonyl (C=O) groups is 1. The van der Waals surface area contributed by atoms with Crippen molar-refractivity contribution in [3.63, 3.8) is 0 Å². The molecule has 28 heavy (non-hydrogen) atoms. The van der Waals surface area contributed by atoms with Crippen LogP contribution < -0.4 is 10.6 Å². The summed E-state index contributed by atoms with van der Waals surface area (Å²) in [6, 6.07) is 12.1. The van der Waals surface area contributed by atoms with E-state index in [0.29, 0.717) is 17.7 Å². The molecule has 0 aliphatic carbocycles. The van der Waals surface area contributed by atoms with Gasteiger partial charge in [-0.15, -0.1) is 10.2 Å². The fourth-order valence-corrected chi connectivity index (χ4v) is 3.27. The zero-order valence-corrected chi connectivity index (χ0v) is 17.3. The van der Waals surface area contributed by atoms with Crippen molar-refractivity contribution in [1.82, 2.24) is 10.2 Å². The van der Waals surface area contributed by atoms with E-state index in [2.05, 4.69) is 46.8 Å². The molecule has 0 spiro atoms. The van der Waals surface area contributed by atoms with Gasteiger partial charge in [0.05, 0.1) is 12.3 Å². The number of rotatable bonds is 7. The standard InChI is InChI=1S/C21H24N4O2S/c1-13-5-8-18(16(4)9-13)22-11-20-24-25-21(27-20)28-12-19(26)23-17-7-6-14(2)15(3)10-17/h5-10,22H,11-12H2,1-4H3,(H,23,26). The van der Waals surface area contributed by atoms with Gasteiger partial charge in [0, 0.05) is 11.4 Å². The maximum atomic E-state index is 12.1. The van der Waals surface area contributed by atoms with Crippen LogP contribution in [0.25, 0.3) is 0 Å². The lowest BCUT2D eigenvalue weighted by molar-refractivity contribution is -0.113. The topological polar surface area (TPSA) is 80.0 Å². The molecule has 0 saturated carbocycles. The van der Waals surface area contributed by atoms with Crippen molar-refractivity contribution in [2.24, 2.45) is 0 Å². The Morgan fingerprint density at radius 2 is 1.82 bits per heavy atom. The SMILES string of the molecule is Cc1ccc(NCc2nnc(SCC(=O)Nc3ccc(C)c(C)c3)o2)c(C)c1. The molecule has 1 heterocycles. The van der Waals surface area contributed by atoms with Crippen molar-refractivity contribution < 1.29 is 9.21 Å². The number of aromatic nitrogens is 2. The highest BCUT2D eigenvalue weighted by Crippen LogP contribution is 2.20. The molecule has 0 saturated heterocycles. The lowest BCUT2D eigenvalue weighted by Crippen LogP contribution is -2.14. The van der Waals surface area contributed by atoms with E-state index in [1.165, 1.54) is 22.9 Å². The van der Waals surface area contributed by atoms with E-state index in [0.717, 1.165) is 22.5 Å². The second-order valence-corrected chi connectivity index (χ2v) is 7.70. The Kier molecular flexibility index (Phi) is 6.36. The molecule has 0 fully saturated rings. The molecule has 0 unspecified atom stereocenters. The average molecular weight is 397 g/mol. The van der Waals surface area contributed by atoms with Gasteiger partial charge in [0.15, 0.2) is 0 Å². The number of hydrogen-bond acceptors (Lipinski definition) is 6. The Morgan fingerprint density at radius 3 is 2.57 bits per heavy atom. The molecule has 0 aliphatic heterocycles. The Labute approximate surface area is 169 Å². The van der Waals surface area contributed by atoms with Crippen LogP contribution in [0, 0.1) is 27.7 Å². The zero-order valence-electron chi connectivity index (χ0n) is 16.5. The summed E-state index contributed by atoms with van der Waals surface area (Å²) >= 11 is 1.22. The molecule has 6 nitrogen and oxygen atoms in total. The minimum absolute atomic E-state index is 0.110. The molecule has 2 aromatic carbocycles. The number of nitrogens with zero attached hydrogens (tertiary/aromatic N) is 2. The highest BCUT2D eigenvalue weighted by molar-refractivity contribution is 7.99. The van der Waals surface area contributed by atoms with Crippen molar-refractivity contribution in [2.75, 3.05) is 16.4 Å². The summed E-state index contributed by atoms with van der Waals surface area (Å²) in [7, 11) is 0. The normalized spacial score (nSPS) is 10.7. The van der Waals surface area contributed by atoms with E-state index in [1.807, 2.05) is 38.1 Å². The van der Waals surface area contributed by atoms with Crippen molar-refractivity contribution in [3.05, 3.63) is 64.5 Å². The Bertz CT molecular complexity index is 984. The van der Waals surface area contributed by atoms with E-state index in [9.17, 15) is 4.79 Å². The second-order valence-electron chi connectivity index (χ2n) is 6.77. The van der Waals surface area contributed by atoms with Gasteiger partial charge in [-0.25, -0.2) is 0 Å². The maximum absolute atomic E-state index is 12.1. The number of benzene rings is 2. The van der Waals surface area contributed by atoms with Gasteiger partial charge >= 0.3 is 0 Å². The highest BCUT2D eigenvalue weighted by atomic mass is 32.2. The third-order valence-electron chi connectivity index (χ3n) is 4.38. The zero-order chi connectivity index (χ0) is 20.1. The molecule has 1 aromatic heterocycles. The van der Waals surface area contributed by atoms with Crippen LogP contribution in [0.3, 0.4) is 0 Å². The monoisotopic (exact) mass is 396 g/mol. The minimum Gasteiger partial charge on any atom is -0.414 e. The van der Waals surface area contributed by atoms with Crippen molar-refractivity contribution >= 4 is 29.0 Å². The molecule has 7 heteroatoms. The van der Waals surface area contributed by atoms with Gasteiger partial charge in [0.25, 0.3) is 5.22 Å². The summed E-state index contributed by atoms with van der Waals surface area (Å²) in [6.45, 7) is 8.62. The molecule has 2 N–H and O–H groups in total. The molecule has 0 atom stereocenters. The fourth-order valence-electron chi connectivity index (χ4n) is 2.69. The molecule has 0 aliphatic rings. The predicted molar refractivity (Wildman–Crippen MR) is 113 cm³/mol. The fraction of sp³-hybridized carbons (Fsp3) is 0.286. The van der Waals surface area contributed by atoms with Crippen LogP contribution in [-0.2, 0) is 11.3 Å². The Balaban J connectivity index is 1.48. The summed E-state index contributed by atoms with van der Waals surface area (Å²) in [5.74, 6) is 0.581. The Morgan fingerprint density at radius 1 is 1.00 bits per heavy atom. The minimum atomic E-state index is -0.110. The first kappa shape index (κ1) is 19.9. The van der Waals surface area contributed by atoms with Crippen molar-refractivity contribution in [1.29, 1.82) is 0 Å². The summed E-state index contributed by atoms with van der Waals surface area (Å²) < 4.78 is 5.60. The van der Waals surface area contributed by atoms with Gasteiger partial charge in [-0.2, -0.15) is 0 Å². The number of anilines is 2. The van der Waals surface area contributed by atoms with Crippen LogP contribution >= 0.6 is 11.8 Å². The van der Waals surface area contributed by atoms with Gasteiger partial charge in [-0.05, 0) is 62.6 Å². The average Bonchev–Trinajstić information content (AvgIpc) is 3.10. The molecule has 3 rings (SSSR count). The van der Waals surface area contributed by atoms with Gasteiger partial charge in [-0.3, -0.25) is 4.79 Å². The maximum Gasteiger partial charge on any atom is 0.277 e. The van der Waals surface area contributed by atoms with Crippen molar-refractivity contribution in [3.8, 4) is 0 Å². The number of carbonyl (C=O) groups excluding carboxylic acids is 1. The number of nitrogens with one attached hydrogen (secondary N) is 2. The molecular weight excluding hydrogens is 372 g/mol. The summed E-state index contributed by atoms with van der Waals surface area (Å²) in [6.07, 6.45) is 0. The van der Waals surface area contributed by atoms with E-state index in [1.54, 1.807) is 0 Å². The molecule has 1 amide bonds. The number of hydrogen-bond donors (Lipinski definition) is 2. The number of amides is 1. The van der Waals surface area contributed by atoms with Crippen LogP contribution in [0.1, 0.15) is 28.1 Å². The van der Waals surface area contributed by atoms with Gasteiger partial charge in [0.2, 0.25) is 11.8 Å². The molecule has 0 radical (unpaired) electrons. The third-order valence-corrected chi connectivity index (χ3v) is 5.20. The van der Waals surface area contributed by atoms with Crippen LogP contribution in [0.2, 0.25) is 0 Å². The van der Waals surface area contributed by atoms with Gasteiger partial charge in [0.1, 0.15) is 0 Å². The summed E-state index contributed by atoms with van der Waals surface area (Å²) in [5.41, 5.74) is 6.54. The molecule has 146 valence electrons. The molecule has 3 aromatic rings. The molecular formula is C21H24N4O2S. The second kappa shape index (κ2) is 8.93. The first-order valence-electron chi connectivity index (χ1n) is 9.04. The number of aryl methyl sites for hydroxylation is 4. The van der Waals surface area contributed by atoms with Crippen LogP contribution in [0.5, 0.6) is 0 Å². The van der Waals surface area contributed by atoms with Crippen LogP contribution in [0.4, 0.5) is 11.4 Å². The molecule has 0 bridgehead atoms. The predicted octanol–water partition coefficient (Wildman–Crippen LogP) is 4.65. The summed E-state index contributed by atoms with van der Waals surface area (Å²) in [4.78, 5) is 12.1. The highest BCUT2D eigenvalue weighted by Gasteiger charge is 2.11. The van der Waals surface area contributed by atoms with E-state index < -0.39 is 0 Å². The first-order chi connectivity index (χ1) is 13.4. The quantitative estimate of drug-likeness (QED) is 0.566. The van der Waals surface area contributed by atoms with Gasteiger partial charge in [-0.1, -0.05) is 35.5 Å². The van der Waals surface area contributed by atoms with Crippen LogP contribution in [-0.4, -0.2) is 21.9 Å². The Hall–Kier alpha value is -2.80. The van der Waals surface area contributed by atoms with E-state index >= 15 is 0 Å².